The van der Waals surface area contributed by atoms with E-state index >= 15 is 0 Å². The quantitative estimate of drug-likeness (QED) is 0.885. The summed E-state index contributed by atoms with van der Waals surface area (Å²) in [4.78, 5) is 17.1. The van der Waals surface area contributed by atoms with Gasteiger partial charge >= 0.3 is 6.09 Å². The second-order valence-electron chi connectivity index (χ2n) is 5.96. The van der Waals surface area contributed by atoms with E-state index < -0.39 is 11.7 Å². The summed E-state index contributed by atoms with van der Waals surface area (Å²) in [6.07, 6.45) is 1.42. The van der Waals surface area contributed by atoms with Crippen LogP contribution in [0.2, 0.25) is 0 Å². The van der Waals surface area contributed by atoms with Gasteiger partial charge in [0.15, 0.2) is 5.13 Å². The van der Waals surface area contributed by atoms with Crippen LogP contribution in [0.15, 0.2) is 30.5 Å². The molecule has 22 heavy (non-hydrogen) atoms. The molecule has 1 heterocycles. The highest BCUT2D eigenvalue weighted by molar-refractivity contribution is 7.15. The van der Waals surface area contributed by atoms with Crippen LogP contribution in [0.4, 0.5) is 15.6 Å². The molecule has 2 N–H and O–H groups in total. The van der Waals surface area contributed by atoms with Gasteiger partial charge in [0, 0.05) is 23.3 Å². The van der Waals surface area contributed by atoms with E-state index in [2.05, 4.69) is 15.6 Å². The minimum Gasteiger partial charge on any atom is -0.444 e. The highest BCUT2D eigenvalue weighted by atomic mass is 32.1. The van der Waals surface area contributed by atoms with Crippen LogP contribution in [0, 0.1) is 6.92 Å². The minimum absolute atomic E-state index is 0.415. The number of anilines is 2. The molecule has 6 heteroatoms. The zero-order valence-corrected chi connectivity index (χ0v) is 14.1. The van der Waals surface area contributed by atoms with Gasteiger partial charge in [0.2, 0.25) is 0 Å². The van der Waals surface area contributed by atoms with Gasteiger partial charge in [0.05, 0.1) is 0 Å². The molecule has 0 aliphatic heterocycles. The Balaban J connectivity index is 1.92. The van der Waals surface area contributed by atoms with E-state index in [1.54, 1.807) is 11.3 Å². The van der Waals surface area contributed by atoms with Crippen molar-refractivity contribution in [3.8, 4) is 0 Å². The molecule has 0 aliphatic rings. The maximum Gasteiger partial charge on any atom is 0.407 e. The summed E-state index contributed by atoms with van der Waals surface area (Å²) in [5, 5.41) is 6.86. The van der Waals surface area contributed by atoms with Gasteiger partial charge in [-0.15, -0.1) is 11.3 Å². The summed E-state index contributed by atoms with van der Waals surface area (Å²) in [5.41, 5.74) is 1.44. The molecule has 1 aromatic heterocycles. The van der Waals surface area contributed by atoms with Crippen molar-refractivity contribution < 1.29 is 9.53 Å². The second kappa shape index (κ2) is 6.79. The number of nitrogens with zero attached hydrogens (tertiary/aromatic N) is 1. The number of aromatic nitrogens is 1. The number of nitrogens with one attached hydrogen (secondary N) is 2. The summed E-state index contributed by atoms with van der Waals surface area (Å²) in [7, 11) is 0. The fraction of sp³-hybridized carbons (Fsp3) is 0.375. The summed E-state index contributed by atoms with van der Waals surface area (Å²) in [6.45, 7) is 7.96. The Kier molecular flexibility index (Phi) is 5.03. The average molecular weight is 319 g/mol. The van der Waals surface area contributed by atoms with Gasteiger partial charge in [-0.2, -0.15) is 0 Å². The molecule has 0 saturated carbocycles. The topological polar surface area (TPSA) is 63.2 Å². The van der Waals surface area contributed by atoms with Crippen molar-refractivity contribution in [3.63, 3.8) is 0 Å². The third kappa shape index (κ3) is 5.37. The molecule has 0 radical (unpaired) electrons. The van der Waals surface area contributed by atoms with Crippen molar-refractivity contribution in [2.45, 2.75) is 39.8 Å². The van der Waals surface area contributed by atoms with Gasteiger partial charge in [0.25, 0.3) is 0 Å². The Bertz CT molecular complexity index is 647. The van der Waals surface area contributed by atoms with E-state index in [4.69, 9.17) is 4.74 Å². The van der Waals surface area contributed by atoms with E-state index in [1.165, 1.54) is 0 Å². The number of alkyl carbamates (subject to hydrolysis) is 1. The number of amides is 1. The van der Waals surface area contributed by atoms with Crippen LogP contribution in [-0.4, -0.2) is 16.7 Å². The summed E-state index contributed by atoms with van der Waals surface area (Å²) in [6, 6.07) is 7.84. The fourth-order valence-electron chi connectivity index (χ4n) is 1.78. The van der Waals surface area contributed by atoms with Gasteiger partial charge < -0.3 is 15.4 Å². The number of rotatable bonds is 4. The van der Waals surface area contributed by atoms with E-state index in [-0.39, 0.29) is 0 Å². The number of hydrogen-bond donors (Lipinski definition) is 2. The van der Waals surface area contributed by atoms with Gasteiger partial charge in [-0.05, 0) is 45.4 Å². The molecular weight excluding hydrogens is 298 g/mol. The van der Waals surface area contributed by atoms with Gasteiger partial charge in [-0.25, -0.2) is 9.78 Å². The van der Waals surface area contributed by atoms with Crippen LogP contribution in [-0.2, 0) is 11.3 Å². The van der Waals surface area contributed by atoms with E-state index in [9.17, 15) is 4.79 Å². The van der Waals surface area contributed by atoms with Crippen LogP contribution < -0.4 is 10.6 Å². The number of thiazole rings is 1. The number of carbonyl (C=O) groups excluding carboxylic acids is 1. The Morgan fingerprint density at radius 1 is 1.36 bits per heavy atom. The van der Waals surface area contributed by atoms with Crippen molar-refractivity contribution >= 4 is 28.2 Å². The molecule has 0 unspecified atom stereocenters. The standard InChI is InChI=1S/C16H21N3O2S/c1-11-9-17-14(22-11)19-13-7-5-6-12(8-13)10-18-15(20)21-16(2,3)4/h5-9H,10H2,1-4H3,(H,17,19)(H,18,20). The zero-order valence-electron chi connectivity index (χ0n) is 13.3. The highest BCUT2D eigenvalue weighted by Gasteiger charge is 2.15. The number of hydrogen-bond acceptors (Lipinski definition) is 5. The van der Waals surface area contributed by atoms with E-state index in [0.717, 1.165) is 21.3 Å². The zero-order chi connectivity index (χ0) is 16.2. The molecule has 5 nitrogen and oxygen atoms in total. The number of aryl methyl sites for hydroxylation is 1. The van der Waals surface area contributed by atoms with Crippen molar-refractivity contribution in [1.82, 2.24) is 10.3 Å². The van der Waals surface area contributed by atoms with Gasteiger partial charge in [-0.1, -0.05) is 12.1 Å². The normalized spacial score (nSPS) is 11.1. The molecular formula is C16H21N3O2S. The van der Waals surface area contributed by atoms with Crippen LogP contribution >= 0.6 is 11.3 Å². The molecule has 0 spiro atoms. The molecule has 118 valence electrons. The number of carbonyl (C=O) groups is 1. The van der Waals surface area contributed by atoms with Crippen LogP contribution in [0.5, 0.6) is 0 Å². The van der Waals surface area contributed by atoms with Crippen LogP contribution in [0.1, 0.15) is 31.2 Å². The highest BCUT2D eigenvalue weighted by Crippen LogP contribution is 2.22. The number of ether oxygens (including phenoxy) is 1. The minimum atomic E-state index is -0.490. The van der Waals surface area contributed by atoms with Gasteiger partial charge in [-0.3, -0.25) is 0 Å². The Labute approximate surface area is 134 Å². The van der Waals surface area contributed by atoms with Crippen molar-refractivity contribution in [2.75, 3.05) is 5.32 Å². The Hall–Kier alpha value is -2.08. The Morgan fingerprint density at radius 2 is 2.14 bits per heavy atom. The smallest absolute Gasteiger partial charge is 0.407 e. The van der Waals surface area contributed by atoms with E-state index in [0.29, 0.717) is 6.54 Å². The lowest BCUT2D eigenvalue weighted by atomic mass is 10.2. The van der Waals surface area contributed by atoms with Crippen molar-refractivity contribution in [1.29, 1.82) is 0 Å². The maximum absolute atomic E-state index is 11.7. The lowest BCUT2D eigenvalue weighted by Gasteiger charge is -2.19. The molecule has 1 aromatic carbocycles. The molecule has 0 atom stereocenters. The molecule has 0 aliphatic carbocycles. The molecule has 0 bridgehead atoms. The van der Waals surface area contributed by atoms with E-state index in [1.807, 2.05) is 58.2 Å². The first-order valence-corrected chi connectivity index (χ1v) is 7.89. The predicted octanol–water partition coefficient (Wildman–Crippen LogP) is 4.22. The third-order valence-electron chi connectivity index (χ3n) is 2.64. The first kappa shape index (κ1) is 16.3. The molecule has 0 fully saturated rings. The third-order valence-corrected chi connectivity index (χ3v) is 3.46. The Morgan fingerprint density at radius 3 is 2.77 bits per heavy atom. The van der Waals surface area contributed by atoms with Crippen LogP contribution in [0.3, 0.4) is 0 Å². The van der Waals surface area contributed by atoms with Gasteiger partial charge in [0.1, 0.15) is 5.60 Å². The average Bonchev–Trinajstić information content (AvgIpc) is 2.80. The first-order chi connectivity index (χ1) is 10.3. The predicted molar refractivity (Wildman–Crippen MR) is 89.6 cm³/mol. The maximum atomic E-state index is 11.7. The largest absolute Gasteiger partial charge is 0.444 e. The molecule has 2 rings (SSSR count). The second-order valence-corrected chi connectivity index (χ2v) is 7.19. The summed E-state index contributed by atoms with van der Waals surface area (Å²) in [5.74, 6) is 0. The summed E-state index contributed by atoms with van der Waals surface area (Å²) < 4.78 is 5.21. The monoisotopic (exact) mass is 319 g/mol. The lowest BCUT2D eigenvalue weighted by Crippen LogP contribution is -2.32. The van der Waals surface area contributed by atoms with Crippen molar-refractivity contribution in [3.05, 3.63) is 40.9 Å². The SMILES string of the molecule is Cc1cnc(Nc2cccc(CNC(=O)OC(C)(C)C)c2)s1. The van der Waals surface area contributed by atoms with Crippen molar-refractivity contribution in [2.24, 2.45) is 0 Å². The van der Waals surface area contributed by atoms with Crippen LogP contribution in [0.25, 0.3) is 0 Å². The summed E-state index contributed by atoms with van der Waals surface area (Å²) >= 11 is 1.60. The number of benzene rings is 1. The molecule has 2 aromatic rings. The first-order valence-electron chi connectivity index (χ1n) is 7.07. The molecule has 1 amide bonds. The fourth-order valence-corrected chi connectivity index (χ4v) is 2.47. The lowest BCUT2D eigenvalue weighted by molar-refractivity contribution is 0.0523. The molecule has 0 saturated heterocycles.